The SMILES string of the molecule is C[C@@H](C(=O)NCC1(c2ccccc2)CCCC1)n1c(=O)oc2ccccc21. The molecule has 1 saturated carbocycles. The van der Waals surface area contributed by atoms with Gasteiger partial charge in [-0.1, -0.05) is 55.3 Å². The number of aromatic nitrogens is 1. The predicted octanol–water partition coefficient (Wildman–Crippen LogP) is 3.78. The van der Waals surface area contributed by atoms with Gasteiger partial charge < -0.3 is 9.73 Å². The van der Waals surface area contributed by atoms with Crippen LogP contribution < -0.4 is 11.1 Å². The maximum atomic E-state index is 12.9. The number of oxazole rings is 1. The van der Waals surface area contributed by atoms with Gasteiger partial charge in [0.2, 0.25) is 5.91 Å². The highest BCUT2D eigenvalue weighted by Gasteiger charge is 2.36. The Morgan fingerprint density at radius 3 is 2.52 bits per heavy atom. The third kappa shape index (κ3) is 3.18. The minimum atomic E-state index is -0.629. The van der Waals surface area contributed by atoms with E-state index >= 15 is 0 Å². The Kier molecular flexibility index (Phi) is 4.60. The summed E-state index contributed by atoms with van der Waals surface area (Å²) in [6.45, 7) is 2.33. The fraction of sp³-hybridized carbons (Fsp3) is 0.364. The zero-order valence-electron chi connectivity index (χ0n) is 15.5. The second kappa shape index (κ2) is 7.06. The summed E-state index contributed by atoms with van der Waals surface area (Å²) in [7, 11) is 0. The smallest absolute Gasteiger partial charge is 0.408 e. The molecule has 1 atom stereocenters. The zero-order chi connectivity index (χ0) is 18.9. The van der Waals surface area contributed by atoms with E-state index in [9.17, 15) is 9.59 Å². The molecule has 5 heteroatoms. The second-order valence-electron chi connectivity index (χ2n) is 7.45. The molecule has 1 fully saturated rings. The van der Waals surface area contributed by atoms with Crippen molar-refractivity contribution in [3.05, 3.63) is 70.7 Å². The quantitative estimate of drug-likeness (QED) is 0.749. The normalized spacial score (nSPS) is 17.1. The molecule has 0 aliphatic heterocycles. The molecule has 3 aromatic rings. The van der Waals surface area contributed by atoms with E-state index in [1.807, 2.05) is 18.2 Å². The first-order valence-electron chi connectivity index (χ1n) is 9.54. The molecule has 2 aromatic carbocycles. The molecule has 0 spiro atoms. The molecule has 1 N–H and O–H groups in total. The molecule has 0 saturated heterocycles. The number of benzene rings is 2. The minimum absolute atomic E-state index is 0.0138. The highest BCUT2D eigenvalue weighted by molar-refractivity contribution is 5.83. The van der Waals surface area contributed by atoms with Gasteiger partial charge in [-0.25, -0.2) is 4.79 Å². The number of nitrogens with one attached hydrogen (secondary N) is 1. The van der Waals surface area contributed by atoms with Crippen LogP contribution in [0.25, 0.3) is 11.1 Å². The van der Waals surface area contributed by atoms with E-state index in [0.717, 1.165) is 12.8 Å². The summed E-state index contributed by atoms with van der Waals surface area (Å²) in [5, 5.41) is 3.10. The zero-order valence-corrected chi connectivity index (χ0v) is 15.5. The van der Waals surface area contributed by atoms with Gasteiger partial charge in [0, 0.05) is 12.0 Å². The standard InChI is InChI=1S/C22H24N2O3/c1-16(24-18-11-5-6-12-19(18)27-21(24)26)20(25)23-15-22(13-7-8-14-22)17-9-3-2-4-10-17/h2-6,9-12,16H,7-8,13-15H2,1H3,(H,23,25)/t16-/m0/s1. The largest absolute Gasteiger partial charge is 0.420 e. The molecule has 140 valence electrons. The third-order valence-electron chi connectivity index (χ3n) is 5.83. The van der Waals surface area contributed by atoms with Crippen LogP contribution in [0.2, 0.25) is 0 Å². The van der Waals surface area contributed by atoms with Gasteiger partial charge in [0.05, 0.1) is 5.52 Å². The van der Waals surface area contributed by atoms with Crippen LogP contribution in [0.5, 0.6) is 0 Å². The second-order valence-corrected chi connectivity index (χ2v) is 7.45. The monoisotopic (exact) mass is 364 g/mol. The van der Waals surface area contributed by atoms with Gasteiger partial charge in [0.15, 0.2) is 5.58 Å². The summed E-state index contributed by atoms with van der Waals surface area (Å²) < 4.78 is 6.69. The van der Waals surface area contributed by atoms with Crippen molar-refractivity contribution in [3.8, 4) is 0 Å². The van der Waals surface area contributed by atoms with Crippen LogP contribution in [-0.2, 0) is 10.2 Å². The third-order valence-corrected chi connectivity index (χ3v) is 5.83. The van der Waals surface area contributed by atoms with Crippen molar-refractivity contribution in [1.82, 2.24) is 9.88 Å². The number of carbonyl (C=O) groups excluding carboxylic acids is 1. The topological polar surface area (TPSA) is 64.2 Å². The number of rotatable bonds is 5. The lowest BCUT2D eigenvalue weighted by molar-refractivity contribution is -0.124. The number of nitrogens with zero attached hydrogens (tertiary/aromatic N) is 1. The number of hydrogen-bond acceptors (Lipinski definition) is 3. The van der Waals surface area contributed by atoms with E-state index in [0.29, 0.717) is 17.6 Å². The van der Waals surface area contributed by atoms with Crippen molar-refractivity contribution in [1.29, 1.82) is 0 Å². The van der Waals surface area contributed by atoms with Crippen LogP contribution in [0.3, 0.4) is 0 Å². The van der Waals surface area contributed by atoms with Crippen LogP contribution in [0.4, 0.5) is 0 Å². The first-order chi connectivity index (χ1) is 13.1. The molecule has 4 rings (SSSR count). The lowest BCUT2D eigenvalue weighted by Gasteiger charge is -2.30. The lowest BCUT2D eigenvalue weighted by atomic mass is 9.79. The lowest BCUT2D eigenvalue weighted by Crippen LogP contribution is -2.42. The van der Waals surface area contributed by atoms with Crippen molar-refractivity contribution >= 4 is 17.0 Å². The summed E-state index contributed by atoms with van der Waals surface area (Å²) in [5.41, 5.74) is 2.41. The Morgan fingerprint density at radius 2 is 1.78 bits per heavy atom. The molecule has 0 bridgehead atoms. The Labute approximate surface area is 158 Å². The Bertz CT molecular complexity index is 997. The Hall–Kier alpha value is -2.82. The number of fused-ring (bicyclic) bond motifs is 1. The average molecular weight is 364 g/mol. The maximum Gasteiger partial charge on any atom is 0.420 e. The van der Waals surface area contributed by atoms with E-state index in [2.05, 4.69) is 29.6 Å². The number of para-hydroxylation sites is 2. The summed E-state index contributed by atoms with van der Waals surface area (Å²) in [6.07, 6.45) is 4.48. The van der Waals surface area contributed by atoms with Crippen LogP contribution >= 0.6 is 0 Å². The van der Waals surface area contributed by atoms with Crippen molar-refractivity contribution in [3.63, 3.8) is 0 Å². The molecular weight excluding hydrogens is 340 g/mol. The predicted molar refractivity (Wildman–Crippen MR) is 105 cm³/mol. The summed E-state index contributed by atoms with van der Waals surface area (Å²) >= 11 is 0. The molecule has 1 aliphatic rings. The fourth-order valence-electron chi connectivity index (χ4n) is 4.28. The molecule has 1 aliphatic carbocycles. The number of hydrogen-bond donors (Lipinski definition) is 1. The first kappa shape index (κ1) is 17.6. The van der Waals surface area contributed by atoms with Crippen LogP contribution in [0.15, 0.2) is 63.8 Å². The molecule has 0 radical (unpaired) electrons. The van der Waals surface area contributed by atoms with Gasteiger partial charge in [-0.05, 0) is 37.5 Å². The highest BCUT2D eigenvalue weighted by Crippen LogP contribution is 2.40. The van der Waals surface area contributed by atoms with Crippen LogP contribution in [0, 0.1) is 0 Å². The highest BCUT2D eigenvalue weighted by atomic mass is 16.4. The molecule has 1 heterocycles. The first-order valence-corrected chi connectivity index (χ1v) is 9.54. The van der Waals surface area contributed by atoms with Gasteiger partial charge in [-0.3, -0.25) is 9.36 Å². The average Bonchev–Trinajstić information content (AvgIpc) is 3.30. The number of carbonyl (C=O) groups is 1. The van der Waals surface area contributed by atoms with Crippen LogP contribution in [0.1, 0.15) is 44.2 Å². The van der Waals surface area contributed by atoms with Crippen molar-refractivity contribution < 1.29 is 9.21 Å². The molecule has 1 aromatic heterocycles. The summed E-state index contributed by atoms with van der Waals surface area (Å²) in [5.74, 6) is -0.664. The number of amides is 1. The minimum Gasteiger partial charge on any atom is -0.408 e. The van der Waals surface area contributed by atoms with Gasteiger partial charge in [-0.15, -0.1) is 0 Å². The fourth-order valence-corrected chi connectivity index (χ4v) is 4.28. The van der Waals surface area contributed by atoms with E-state index < -0.39 is 11.8 Å². The van der Waals surface area contributed by atoms with E-state index in [1.165, 1.54) is 23.0 Å². The van der Waals surface area contributed by atoms with Crippen molar-refractivity contribution in [2.45, 2.75) is 44.1 Å². The van der Waals surface area contributed by atoms with E-state index in [4.69, 9.17) is 4.42 Å². The van der Waals surface area contributed by atoms with E-state index in [1.54, 1.807) is 19.1 Å². The molecule has 0 unspecified atom stereocenters. The summed E-state index contributed by atoms with van der Waals surface area (Å²) in [6, 6.07) is 17.0. The molecule has 1 amide bonds. The van der Waals surface area contributed by atoms with E-state index in [-0.39, 0.29) is 11.3 Å². The molecular formula is C22H24N2O3. The van der Waals surface area contributed by atoms with Crippen molar-refractivity contribution in [2.75, 3.05) is 6.54 Å². The Balaban J connectivity index is 1.55. The Morgan fingerprint density at radius 1 is 1.11 bits per heavy atom. The summed E-state index contributed by atoms with van der Waals surface area (Å²) in [4.78, 5) is 25.1. The van der Waals surface area contributed by atoms with Crippen molar-refractivity contribution in [2.24, 2.45) is 0 Å². The van der Waals surface area contributed by atoms with Crippen LogP contribution in [-0.4, -0.2) is 17.0 Å². The van der Waals surface area contributed by atoms with Gasteiger partial charge >= 0.3 is 5.76 Å². The van der Waals surface area contributed by atoms with Gasteiger partial charge in [0.1, 0.15) is 6.04 Å². The van der Waals surface area contributed by atoms with Gasteiger partial charge in [-0.2, -0.15) is 0 Å². The maximum absolute atomic E-state index is 12.9. The molecule has 27 heavy (non-hydrogen) atoms. The van der Waals surface area contributed by atoms with Gasteiger partial charge in [0.25, 0.3) is 0 Å². The molecule has 5 nitrogen and oxygen atoms in total.